The van der Waals surface area contributed by atoms with Gasteiger partial charge in [0.05, 0.1) is 6.61 Å². The molecule has 3 amide bonds. The number of hydrogen-bond donors (Lipinski definition) is 1. The highest BCUT2D eigenvalue weighted by Gasteiger charge is 2.54. The van der Waals surface area contributed by atoms with Gasteiger partial charge in [0, 0.05) is 44.0 Å². The Bertz CT molecular complexity index is 1060. The fourth-order valence-electron chi connectivity index (χ4n) is 4.87. The Morgan fingerprint density at radius 3 is 2.32 bits per heavy atom. The van der Waals surface area contributed by atoms with Crippen molar-refractivity contribution in [3.8, 4) is 0 Å². The summed E-state index contributed by atoms with van der Waals surface area (Å²) >= 11 is 0. The Hall–Kier alpha value is -3.26. The molecule has 2 aromatic carbocycles. The minimum Gasteiger partial charge on any atom is -0.353 e. The summed E-state index contributed by atoms with van der Waals surface area (Å²) in [5.41, 5.74) is 0.275. The van der Waals surface area contributed by atoms with Crippen LogP contribution < -0.4 is 5.32 Å². The Morgan fingerprint density at radius 1 is 1.00 bits per heavy atom. The van der Waals surface area contributed by atoms with Crippen LogP contribution in [-0.2, 0) is 20.9 Å². The summed E-state index contributed by atoms with van der Waals surface area (Å²) in [5.74, 6) is -0.812. The predicted octanol–water partition coefficient (Wildman–Crippen LogP) is 2.71. The average molecular weight is 466 g/mol. The van der Waals surface area contributed by atoms with Crippen LogP contribution in [-0.4, -0.2) is 59.0 Å². The maximum Gasteiger partial charge on any atom is 0.256 e. The van der Waals surface area contributed by atoms with Gasteiger partial charge in [0.15, 0.2) is 0 Å². The predicted molar refractivity (Wildman–Crippen MR) is 122 cm³/mol. The first kappa shape index (κ1) is 22.5. The topological polar surface area (TPSA) is 79.0 Å². The van der Waals surface area contributed by atoms with Crippen molar-refractivity contribution in [3.63, 3.8) is 0 Å². The lowest BCUT2D eigenvalue weighted by molar-refractivity contribution is -0.144. The Kier molecular flexibility index (Phi) is 6.08. The van der Waals surface area contributed by atoms with E-state index in [1.165, 1.54) is 29.2 Å². The van der Waals surface area contributed by atoms with Gasteiger partial charge in [-0.3, -0.25) is 19.3 Å². The molecule has 34 heavy (non-hydrogen) atoms. The summed E-state index contributed by atoms with van der Waals surface area (Å²) < 4.78 is 19.7. The lowest BCUT2D eigenvalue weighted by atomic mass is 9.96. The highest BCUT2D eigenvalue weighted by molar-refractivity contribution is 5.98. The van der Waals surface area contributed by atoms with Crippen LogP contribution in [0.1, 0.15) is 41.6 Å². The molecule has 1 aliphatic carbocycles. The number of benzene rings is 2. The SMILES string of the molecule is O=C(NCc1ccccc1)[C@H]1COC2(CCN(C(=O)C3CC3)CC2)N1C(=O)c1ccc(F)cc1. The molecule has 0 bridgehead atoms. The minimum atomic E-state index is -0.972. The van der Waals surface area contributed by atoms with Gasteiger partial charge in [-0.15, -0.1) is 0 Å². The molecule has 2 aliphatic heterocycles. The van der Waals surface area contributed by atoms with E-state index in [2.05, 4.69) is 5.32 Å². The minimum absolute atomic E-state index is 0.0735. The van der Waals surface area contributed by atoms with Crippen LogP contribution in [0.15, 0.2) is 54.6 Å². The molecular formula is C26H28FN3O4. The maximum absolute atomic E-state index is 13.6. The van der Waals surface area contributed by atoms with Crippen molar-refractivity contribution < 1.29 is 23.5 Å². The van der Waals surface area contributed by atoms with Gasteiger partial charge in [-0.05, 0) is 42.7 Å². The standard InChI is InChI=1S/C26H28FN3O4/c27-21-10-8-20(9-11-21)25(33)30-22(23(31)28-16-18-4-2-1-3-5-18)17-34-26(30)12-14-29(15-13-26)24(32)19-6-7-19/h1-5,8-11,19,22H,6-7,12-17H2,(H,28,31)/t22-/m1/s1. The van der Waals surface area contributed by atoms with Crippen molar-refractivity contribution in [2.24, 2.45) is 5.92 Å². The second-order valence-corrected chi connectivity index (χ2v) is 9.26. The van der Waals surface area contributed by atoms with Gasteiger partial charge >= 0.3 is 0 Å². The van der Waals surface area contributed by atoms with Crippen molar-refractivity contribution in [2.75, 3.05) is 19.7 Å². The Balaban J connectivity index is 1.36. The van der Waals surface area contributed by atoms with Crippen molar-refractivity contribution in [1.29, 1.82) is 0 Å². The number of piperidine rings is 1. The van der Waals surface area contributed by atoms with E-state index in [1.807, 2.05) is 35.2 Å². The maximum atomic E-state index is 13.6. The van der Waals surface area contributed by atoms with Gasteiger partial charge in [0.1, 0.15) is 17.6 Å². The van der Waals surface area contributed by atoms with Crippen molar-refractivity contribution in [2.45, 2.75) is 44.0 Å². The summed E-state index contributed by atoms with van der Waals surface area (Å²) in [6.07, 6.45) is 2.74. The highest BCUT2D eigenvalue weighted by Crippen LogP contribution is 2.40. The van der Waals surface area contributed by atoms with E-state index >= 15 is 0 Å². The molecule has 8 heteroatoms. The second kappa shape index (κ2) is 9.18. The molecule has 0 radical (unpaired) electrons. The molecule has 0 unspecified atom stereocenters. The molecule has 1 N–H and O–H groups in total. The third-order valence-electron chi connectivity index (χ3n) is 6.97. The number of rotatable bonds is 5. The van der Waals surface area contributed by atoms with E-state index in [1.54, 1.807) is 0 Å². The summed E-state index contributed by atoms with van der Waals surface area (Å²) in [6, 6.07) is 14.0. The van der Waals surface area contributed by atoms with Gasteiger partial charge in [0.25, 0.3) is 5.91 Å². The van der Waals surface area contributed by atoms with Gasteiger partial charge in [0.2, 0.25) is 11.8 Å². The molecule has 1 saturated carbocycles. The number of carbonyl (C=O) groups excluding carboxylic acids is 3. The molecule has 178 valence electrons. The van der Waals surface area contributed by atoms with E-state index in [9.17, 15) is 18.8 Å². The molecule has 0 aromatic heterocycles. The number of nitrogens with one attached hydrogen (secondary N) is 1. The Labute approximate surface area is 197 Å². The van der Waals surface area contributed by atoms with Crippen LogP contribution in [0.3, 0.4) is 0 Å². The number of likely N-dealkylation sites (tertiary alicyclic amines) is 1. The normalized spacial score (nSPS) is 21.5. The number of amides is 3. The number of ether oxygens (including phenoxy) is 1. The molecule has 1 spiro atoms. The highest BCUT2D eigenvalue weighted by atomic mass is 19.1. The molecule has 2 aromatic rings. The molecule has 2 heterocycles. The van der Waals surface area contributed by atoms with Crippen LogP contribution in [0.25, 0.3) is 0 Å². The fourth-order valence-corrected chi connectivity index (χ4v) is 4.87. The molecule has 7 nitrogen and oxygen atoms in total. The number of nitrogens with zero attached hydrogens (tertiary/aromatic N) is 2. The average Bonchev–Trinajstić information content (AvgIpc) is 3.66. The molecule has 1 atom stereocenters. The first-order chi connectivity index (χ1) is 16.5. The number of carbonyl (C=O) groups is 3. The second-order valence-electron chi connectivity index (χ2n) is 9.26. The van der Waals surface area contributed by atoms with Crippen LogP contribution in [0, 0.1) is 11.7 Å². The summed E-state index contributed by atoms with van der Waals surface area (Å²) in [6.45, 7) is 1.36. The zero-order chi connectivity index (χ0) is 23.7. The third-order valence-corrected chi connectivity index (χ3v) is 6.97. The molecular weight excluding hydrogens is 437 g/mol. The van der Waals surface area contributed by atoms with Gasteiger partial charge < -0.3 is 15.0 Å². The zero-order valence-corrected chi connectivity index (χ0v) is 18.9. The van der Waals surface area contributed by atoms with Gasteiger partial charge in [-0.25, -0.2) is 4.39 Å². The van der Waals surface area contributed by atoms with Crippen LogP contribution in [0.2, 0.25) is 0 Å². The molecule has 5 rings (SSSR count). The van der Waals surface area contributed by atoms with Crippen LogP contribution >= 0.6 is 0 Å². The van der Waals surface area contributed by atoms with Crippen molar-refractivity contribution in [3.05, 3.63) is 71.5 Å². The van der Waals surface area contributed by atoms with E-state index in [0.29, 0.717) is 38.0 Å². The lowest BCUT2D eigenvalue weighted by Gasteiger charge is -2.44. The number of hydrogen-bond acceptors (Lipinski definition) is 4. The van der Waals surface area contributed by atoms with Crippen molar-refractivity contribution in [1.82, 2.24) is 15.1 Å². The lowest BCUT2D eigenvalue weighted by Crippen LogP contribution is -2.59. The van der Waals surface area contributed by atoms with E-state index in [-0.39, 0.29) is 30.2 Å². The zero-order valence-electron chi connectivity index (χ0n) is 18.9. The summed E-state index contributed by atoms with van der Waals surface area (Å²) in [7, 11) is 0. The molecule has 3 fully saturated rings. The first-order valence-electron chi connectivity index (χ1n) is 11.8. The smallest absolute Gasteiger partial charge is 0.256 e. The molecule has 2 saturated heterocycles. The monoisotopic (exact) mass is 465 g/mol. The summed E-state index contributed by atoms with van der Waals surface area (Å²) in [5, 5.41) is 2.92. The first-order valence-corrected chi connectivity index (χ1v) is 11.8. The quantitative estimate of drug-likeness (QED) is 0.737. The fraction of sp³-hybridized carbons (Fsp3) is 0.423. The Morgan fingerprint density at radius 2 is 1.68 bits per heavy atom. The van der Waals surface area contributed by atoms with Crippen LogP contribution in [0.5, 0.6) is 0 Å². The summed E-state index contributed by atoms with van der Waals surface area (Å²) in [4.78, 5) is 42.7. The third kappa shape index (κ3) is 4.42. The largest absolute Gasteiger partial charge is 0.353 e. The van der Waals surface area contributed by atoms with Gasteiger partial charge in [-0.2, -0.15) is 0 Å². The number of halogens is 1. The van der Waals surface area contributed by atoms with E-state index < -0.39 is 17.6 Å². The van der Waals surface area contributed by atoms with Crippen LogP contribution in [0.4, 0.5) is 4.39 Å². The van der Waals surface area contributed by atoms with E-state index in [4.69, 9.17) is 4.74 Å². The van der Waals surface area contributed by atoms with Gasteiger partial charge in [-0.1, -0.05) is 30.3 Å². The van der Waals surface area contributed by atoms with Crippen molar-refractivity contribution >= 4 is 17.7 Å². The van der Waals surface area contributed by atoms with E-state index in [0.717, 1.165) is 18.4 Å². The molecule has 3 aliphatic rings.